The Morgan fingerprint density at radius 3 is 2.26 bits per heavy atom. The summed E-state index contributed by atoms with van der Waals surface area (Å²) in [5.41, 5.74) is 2.68. The molecule has 5 atom stereocenters. The predicted molar refractivity (Wildman–Crippen MR) is 130 cm³/mol. The van der Waals surface area contributed by atoms with E-state index in [1.807, 2.05) is 55.5 Å². The highest BCUT2D eigenvalue weighted by molar-refractivity contribution is 9.10. The first kappa shape index (κ1) is 24.5. The number of nitrogens with zero attached hydrogens (tertiary/aromatic N) is 4. The molecule has 1 saturated heterocycles. The summed E-state index contributed by atoms with van der Waals surface area (Å²) in [5, 5.41) is 8.67. The molecule has 0 N–H and O–H groups in total. The van der Waals surface area contributed by atoms with E-state index in [1.54, 1.807) is 38.6 Å². The third-order valence-corrected chi connectivity index (χ3v) is 6.19. The lowest BCUT2D eigenvalue weighted by Crippen LogP contribution is -2.59. The summed E-state index contributed by atoms with van der Waals surface area (Å²) in [4.78, 5) is 10.0. The van der Waals surface area contributed by atoms with Crippen LogP contribution in [0.1, 0.15) is 12.5 Å². The van der Waals surface area contributed by atoms with Crippen LogP contribution < -0.4 is 0 Å². The number of rotatable bonds is 8. The van der Waals surface area contributed by atoms with Crippen LogP contribution >= 0.6 is 15.9 Å². The summed E-state index contributed by atoms with van der Waals surface area (Å²) in [6, 6.07) is 15.6. The van der Waals surface area contributed by atoms with E-state index in [0.29, 0.717) is 5.82 Å². The Labute approximate surface area is 206 Å². The molecule has 4 rings (SSSR count). The van der Waals surface area contributed by atoms with Gasteiger partial charge in [0, 0.05) is 31.4 Å². The molecule has 1 aliphatic heterocycles. The first-order valence-corrected chi connectivity index (χ1v) is 11.5. The fraction of sp³-hybridized carbons (Fsp3) is 0.375. The summed E-state index contributed by atoms with van der Waals surface area (Å²) in [6.45, 7) is 1.90. The first-order valence-electron chi connectivity index (χ1n) is 10.7. The van der Waals surface area contributed by atoms with Gasteiger partial charge in [-0.05, 0) is 36.8 Å². The van der Waals surface area contributed by atoms with Crippen LogP contribution in [0.5, 0.6) is 0 Å². The molecule has 0 amide bonds. The van der Waals surface area contributed by atoms with Gasteiger partial charge in [-0.2, -0.15) is 0 Å². The molecule has 0 saturated carbocycles. The van der Waals surface area contributed by atoms with Gasteiger partial charge in [0.05, 0.1) is 18.0 Å². The molecular formula is C24H27BrN4O5. The number of hydrogen-bond donors (Lipinski definition) is 0. The van der Waals surface area contributed by atoms with Gasteiger partial charge < -0.3 is 23.8 Å². The maximum Gasteiger partial charge on any atom is 0.256 e. The van der Waals surface area contributed by atoms with Crippen molar-refractivity contribution in [3.8, 4) is 17.1 Å². The van der Waals surface area contributed by atoms with Gasteiger partial charge >= 0.3 is 0 Å². The second-order valence-electron chi connectivity index (χ2n) is 7.76. The average molecular weight is 531 g/mol. The quantitative estimate of drug-likeness (QED) is 0.323. The van der Waals surface area contributed by atoms with E-state index in [2.05, 4.69) is 31.2 Å². The van der Waals surface area contributed by atoms with Crippen LogP contribution in [0.2, 0.25) is 0 Å². The Hall–Kier alpha value is -2.63. The number of methoxy groups -OCH3 is 3. The van der Waals surface area contributed by atoms with E-state index < -0.39 is 12.4 Å². The Morgan fingerprint density at radius 1 is 0.941 bits per heavy atom. The zero-order valence-corrected chi connectivity index (χ0v) is 21.0. The molecule has 180 valence electrons. The second kappa shape index (κ2) is 11.2. The van der Waals surface area contributed by atoms with Crippen molar-refractivity contribution >= 4 is 22.1 Å². The molecule has 0 aliphatic carbocycles. The highest BCUT2D eigenvalue weighted by Crippen LogP contribution is 2.27. The molecule has 0 unspecified atom stereocenters. The van der Waals surface area contributed by atoms with Gasteiger partial charge in [-0.1, -0.05) is 45.4 Å². The van der Waals surface area contributed by atoms with Crippen LogP contribution in [0, 0.1) is 0 Å². The van der Waals surface area contributed by atoms with Crippen LogP contribution in [0.3, 0.4) is 0 Å². The van der Waals surface area contributed by atoms with Crippen molar-refractivity contribution < 1.29 is 23.8 Å². The molecule has 9 nitrogen and oxygen atoms in total. The topological polar surface area (TPSA) is 89.2 Å². The zero-order valence-electron chi connectivity index (χ0n) is 19.4. The molecule has 2 heterocycles. The van der Waals surface area contributed by atoms with Gasteiger partial charge in [-0.3, -0.25) is 0 Å². The molecule has 1 aromatic heterocycles. The molecular weight excluding hydrogens is 504 g/mol. The van der Waals surface area contributed by atoms with E-state index in [0.717, 1.165) is 21.3 Å². The maximum absolute atomic E-state index is 5.90. The van der Waals surface area contributed by atoms with Crippen LogP contribution in [-0.2, 0) is 23.8 Å². The molecule has 0 bridgehead atoms. The Kier molecular flexibility index (Phi) is 8.07. The van der Waals surface area contributed by atoms with Crippen molar-refractivity contribution in [1.82, 2.24) is 14.8 Å². The minimum Gasteiger partial charge on any atom is -0.376 e. The van der Waals surface area contributed by atoms with Gasteiger partial charge in [0.2, 0.25) is 0 Å². The number of hydrogen-bond acceptors (Lipinski definition) is 8. The summed E-state index contributed by atoms with van der Waals surface area (Å²) in [7, 11) is 4.81. The van der Waals surface area contributed by atoms with Crippen molar-refractivity contribution in [3.05, 3.63) is 64.9 Å². The number of ether oxygens (including phenoxy) is 4. The molecule has 34 heavy (non-hydrogen) atoms. The van der Waals surface area contributed by atoms with E-state index >= 15 is 0 Å². The van der Waals surface area contributed by atoms with Crippen LogP contribution in [0.15, 0.2) is 64.5 Å². The van der Waals surface area contributed by atoms with Gasteiger partial charge in [0.25, 0.3) is 6.29 Å². The Balaban J connectivity index is 1.40. The standard InChI is InChI=1S/C24H27BrN4O5/c1-15-20(30-2)21(31-3)22(32-4)24(33-15)34-27-13-16-5-7-17(8-6-16)23-26-14-29(28-23)19-11-9-18(25)10-12-19/h5-15,20-22,24H,1-4H3/b27-13+/t15-,20-,21+,22+,24-/m0/s1. The minimum atomic E-state index is -0.723. The van der Waals surface area contributed by atoms with Crippen molar-refractivity contribution in [2.45, 2.75) is 37.6 Å². The fourth-order valence-corrected chi connectivity index (χ4v) is 4.15. The average Bonchev–Trinajstić information content (AvgIpc) is 3.35. The number of oxime groups is 1. The number of halogens is 1. The highest BCUT2D eigenvalue weighted by Gasteiger charge is 2.46. The van der Waals surface area contributed by atoms with E-state index in [1.165, 1.54) is 0 Å². The second-order valence-corrected chi connectivity index (χ2v) is 8.68. The number of aromatic nitrogens is 3. The fourth-order valence-electron chi connectivity index (χ4n) is 3.88. The lowest BCUT2D eigenvalue weighted by Gasteiger charge is -2.42. The summed E-state index contributed by atoms with van der Waals surface area (Å²) in [6.07, 6.45) is 1.24. The lowest BCUT2D eigenvalue weighted by molar-refractivity contribution is -0.305. The smallest absolute Gasteiger partial charge is 0.256 e. The minimum absolute atomic E-state index is 0.245. The molecule has 0 radical (unpaired) electrons. The van der Waals surface area contributed by atoms with Crippen LogP contribution in [0.4, 0.5) is 0 Å². The summed E-state index contributed by atoms with van der Waals surface area (Å²) in [5.74, 6) is 0.633. The first-order chi connectivity index (χ1) is 16.5. The summed E-state index contributed by atoms with van der Waals surface area (Å²) >= 11 is 3.44. The van der Waals surface area contributed by atoms with Gasteiger partial charge in [-0.25, -0.2) is 9.67 Å². The van der Waals surface area contributed by atoms with Crippen molar-refractivity contribution in [1.29, 1.82) is 0 Å². The molecule has 1 fully saturated rings. The maximum atomic E-state index is 5.90. The van der Waals surface area contributed by atoms with Gasteiger partial charge in [-0.15, -0.1) is 5.10 Å². The molecule has 0 spiro atoms. The van der Waals surface area contributed by atoms with Crippen molar-refractivity contribution in [2.24, 2.45) is 5.16 Å². The molecule has 1 aliphatic rings. The molecule has 2 aromatic carbocycles. The van der Waals surface area contributed by atoms with Crippen molar-refractivity contribution in [3.63, 3.8) is 0 Å². The monoisotopic (exact) mass is 530 g/mol. The lowest BCUT2D eigenvalue weighted by atomic mass is 9.99. The SMILES string of the molecule is CO[C@@H]1[C@@H](OC)[C@H](C)O[C@@H](O/N=C/c2ccc(-c3ncn(-c4ccc(Br)cc4)n3)cc2)[C@@H]1OC. The molecule has 10 heteroatoms. The van der Waals surface area contributed by atoms with E-state index in [-0.39, 0.29) is 18.3 Å². The highest BCUT2D eigenvalue weighted by atomic mass is 79.9. The summed E-state index contributed by atoms with van der Waals surface area (Å²) < 4.78 is 25.3. The van der Waals surface area contributed by atoms with Crippen LogP contribution in [-0.4, -0.2) is 73.0 Å². The van der Waals surface area contributed by atoms with E-state index in [4.69, 9.17) is 23.8 Å². The van der Waals surface area contributed by atoms with Gasteiger partial charge in [0.1, 0.15) is 18.5 Å². The van der Waals surface area contributed by atoms with E-state index in [9.17, 15) is 0 Å². The van der Waals surface area contributed by atoms with Crippen LogP contribution in [0.25, 0.3) is 17.1 Å². The normalized spacial score (nSPS) is 25.0. The third-order valence-electron chi connectivity index (χ3n) is 5.66. The number of benzene rings is 2. The molecule has 3 aromatic rings. The van der Waals surface area contributed by atoms with Gasteiger partial charge in [0.15, 0.2) is 11.9 Å². The Morgan fingerprint density at radius 2 is 1.62 bits per heavy atom. The third kappa shape index (κ3) is 5.37. The zero-order chi connectivity index (χ0) is 24.1. The van der Waals surface area contributed by atoms with Crippen molar-refractivity contribution in [2.75, 3.05) is 21.3 Å². The Bertz CT molecular complexity index is 1090. The predicted octanol–water partition coefficient (Wildman–Crippen LogP) is 3.84. The largest absolute Gasteiger partial charge is 0.376 e.